The zero-order valence-electron chi connectivity index (χ0n) is 9.69. The number of nitrogens with zero attached hydrogens (tertiary/aromatic N) is 2. The first-order valence-electron chi connectivity index (χ1n) is 5.47. The first-order valence-corrected chi connectivity index (χ1v) is 6.22. The fourth-order valence-electron chi connectivity index (χ4n) is 1.98. The molecule has 0 unspecified atom stereocenters. The van der Waals surface area contributed by atoms with Crippen molar-refractivity contribution in [3.8, 4) is 0 Å². The van der Waals surface area contributed by atoms with Crippen LogP contribution in [0, 0.1) is 10.1 Å². The molecular weight excluding hydrogens is 279 g/mol. The van der Waals surface area contributed by atoms with Crippen LogP contribution >= 0.6 is 23.2 Å². The van der Waals surface area contributed by atoms with Gasteiger partial charge in [0.1, 0.15) is 5.69 Å². The molecule has 1 heterocycles. The van der Waals surface area contributed by atoms with Crippen LogP contribution in [0.2, 0.25) is 10.0 Å². The maximum atomic E-state index is 11.0. The van der Waals surface area contributed by atoms with Crippen molar-refractivity contribution in [1.82, 2.24) is 0 Å². The molecule has 0 aliphatic carbocycles. The van der Waals surface area contributed by atoms with E-state index in [1.165, 1.54) is 12.1 Å². The summed E-state index contributed by atoms with van der Waals surface area (Å²) in [7, 11) is 0. The number of halogens is 2. The number of benzene rings is 1. The van der Waals surface area contributed by atoms with E-state index in [4.69, 9.17) is 23.2 Å². The molecule has 0 radical (unpaired) electrons. The number of nitro groups is 1. The van der Waals surface area contributed by atoms with Gasteiger partial charge in [0.2, 0.25) is 0 Å². The summed E-state index contributed by atoms with van der Waals surface area (Å²) < 4.78 is 0. The normalized spacial score (nSPS) is 17.4. The predicted molar refractivity (Wildman–Crippen MR) is 70.6 cm³/mol. The number of anilines is 1. The largest absolute Gasteiger partial charge is 0.386 e. The van der Waals surface area contributed by atoms with Gasteiger partial charge in [-0.2, -0.15) is 0 Å². The summed E-state index contributed by atoms with van der Waals surface area (Å²) in [6.07, 6.45) is 0.610. The molecule has 2 rings (SSSR count). The van der Waals surface area contributed by atoms with Crippen molar-refractivity contribution < 1.29 is 10.0 Å². The van der Waals surface area contributed by atoms with Crippen molar-refractivity contribution in [3.63, 3.8) is 0 Å². The van der Waals surface area contributed by atoms with Crippen LogP contribution in [0.25, 0.3) is 0 Å². The topological polar surface area (TPSA) is 66.6 Å². The number of rotatable bonds is 3. The number of β-amino-alcohol motifs (C(OH)–C–C–N with tert-alkyl or cyclic N) is 1. The van der Waals surface area contributed by atoms with Crippen LogP contribution in [0.1, 0.15) is 13.3 Å². The molecule has 1 aromatic rings. The van der Waals surface area contributed by atoms with Crippen molar-refractivity contribution >= 4 is 34.6 Å². The van der Waals surface area contributed by atoms with Crippen molar-refractivity contribution in [2.75, 3.05) is 18.0 Å². The molecule has 1 N–H and O–H groups in total. The minimum Gasteiger partial charge on any atom is -0.386 e. The smallest absolute Gasteiger partial charge is 0.294 e. The van der Waals surface area contributed by atoms with Crippen LogP contribution in [0.4, 0.5) is 11.4 Å². The van der Waals surface area contributed by atoms with Crippen molar-refractivity contribution in [2.24, 2.45) is 0 Å². The fourth-order valence-corrected chi connectivity index (χ4v) is 2.30. The maximum Gasteiger partial charge on any atom is 0.294 e. The molecule has 7 heteroatoms. The van der Waals surface area contributed by atoms with Crippen molar-refractivity contribution in [2.45, 2.75) is 18.9 Å². The molecule has 98 valence electrons. The molecule has 0 spiro atoms. The van der Waals surface area contributed by atoms with Gasteiger partial charge in [0.15, 0.2) is 0 Å². The third kappa shape index (κ3) is 2.25. The average Bonchev–Trinajstić information content (AvgIpc) is 2.28. The maximum absolute atomic E-state index is 11.0. The van der Waals surface area contributed by atoms with E-state index in [1.807, 2.05) is 6.92 Å². The first kappa shape index (κ1) is 13.4. The van der Waals surface area contributed by atoms with E-state index in [-0.39, 0.29) is 15.7 Å². The summed E-state index contributed by atoms with van der Waals surface area (Å²) in [5.41, 5.74) is -0.463. The summed E-state index contributed by atoms with van der Waals surface area (Å²) in [5.74, 6) is 0. The second-order valence-corrected chi connectivity index (χ2v) is 5.26. The van der Waals surface area contributed by atoms with Gasteiger partial charge in [-0.1, -0.05) is 30.1 Å². The van der Waals surface area contributed by atoms with E-state index in [1.54, 1.807) is 4.90 Å². The minimum absolute atomic E-state index is 0.0949. The lowest BCUT2D eigenvalue weighted by molar-refractivity contribution is -0.384. The van der Waals surface area contributed by atoms with Gasteiger partial charge in [-0.05, 0) is 12.5 Å². The van der Waals surface area contributed by atoms with Crippen molar-refractivity contribution in [3.05, 3.63) is 32.3 Å². The minimum atomic E-state index is -0.764. The Balaban J connectivity index is 2.34. The highest BCUT2D eigenvalue weighted by atomic mass is 35.5. The molecule has 1 aliphatic heterocycles. The summed E-state index contributed by atoms with van der Waals surface area (Å²) in [5, 5.41) is 21.3. The Labute approximate surface area is 114 Å². The van der Waals surface area contributed by atoms with E-state index in [0.29, 0.717) is 25.2 Å². The SMILES string of the molecule is CCC1(O)CN(c2cc(Cl)c(Cl)cc2[N+](=O)[O-])C1. The zero-order chi connectivity index (χ0) is 13.5. The lowest BCUT2D eigenvalue weighted by Gasteiger charge is -2.47. The second kappa shape index (κ2) is 4.57. The van der Waals surface area contributed by atoms with Crippen LogP contribution in [0.5, 0.6) is 0 Å². The van der Waals surface area contributed by atoms with Crippen molar-refractivity contribution in [1.29, 1.82) is 0 Å². The van der Waals surface area contributed by atoms with Gasteiger partial charge in [-0.15, -0.1) is 0 Å². The van der Waals surface area contributed by atoms with Gasteiger partial charge in [-0.3, -0.25) is 10.1 Å². The molecule has 0 bridgehead atoms. The highest BCUT2D eigenvalue weighted by molar-refractivity contribution is 6.42. The van der Waals surface area contributed by atoms with Gasteiger partial charge in [0.25, 0.3) is 5.69 Å². The Kier molecular flexibility index (Phi) is 3.40. The predicted octanol–water partition coefficient (Wildman–Crippen LogP) is 2.86. The summed E-state index contributed by atoms with van der Waals surface area (Å²) in [6, 6.07) is 2.71. The third-order valence-corrected chi connectivity index (χ3v) is 3.91. The Morgan fingerprint density at radius 1 is 1.44 bits per heavy atom. The number of hydrogen-bond donors (Lipinski definition) is 1. The molecule has 18 heavy (non-hydrogen) atoms. The van der Waals surface area contributed by atoms with E-state index in [9.17, 15) is 15.2 Å². The highest BCUT2D eigenvalue weighted by Gasteiger charge is 2.41. The number of hydrogen-bond acceptors (Lipinski definition) is 4. The van der Waals surface area contributed by atoms with Gasteiger partial charge >= 0.3 is 0 Å². The number of aliphatic hydroxyl groups is 1. The molecule has 1 fully saturated rings. The molecule has 1 saturated heterocycles. The molecule has 5 nitrogen and oxygen atoms in total. The van der Waals surface area contributed by atoms with E-state index in [2.05, 4.69) is 0 Å². The van der Waals surface area contributed by atoms with E-state index in [0.717, 1.165) is 0 Å². The third-order valence-electron chi connectivity index (χ3n) is 3.18. The van der Waals surface area contributed by atoms with Gasteiger partial charge in [-0.25, -0.2) is 0 Å². The van der Waals surface area contributed by atoms with Crippen LogP contribution in [0.3, 0.4) is 0 Å². The summed E-state index contributed by atoms with van der Waals surface area (Å²) in [6.45, 7) is 2.60. The van der Waals surface area contributed by atoms with Gasteiger partial charge in [0, 0.05) is 19.2 Å². The zero-order valence-corrected chi connectivity index (χ0v) is 11.2. The molecule has 0 amide bonds. The Bertz CT molecular complexity index is 501. The first-order chi connectivity index (χ1) is 8.36. The van der Waals surface area contributed by atoms with Crippen LogP contribution in [-0.2, 0) is 0 Å². The second-order valence-electron chi connectivity index (χ2n) is 4.45. The summed E-state index contributed by atoms with van der Waals surface area (Å²) >= 11 is 11.7. The number of nitro benzene ring substituents is 1. The van der Waals surface area contributed by atoms with Crippen LogP contribution in [0.15, 0.2) is 12.1 Å². The molecule has 0 saturated carbocycles. The lowest BCUT2D eigenvalue weighted by Crippen LogP contribution is -2.61. The molecule has 1 aromatic carbocycles. The van der Waals surface area contributed by atoms with Gasteiger partial charge in [0.05, 0.1) is 20.6 Å². The highest BCUT2D eigenvalue weighted by Crippen LogP contribution is 2.40. The van der Waals surface area contributed by atoms with Crippen LogP contribution in [-0.4, -0.2) is 28.7 Å². The Morgan fingerprint density at radius 3 is 2.50 bits per heavy atom. The van der Waals surface area contributed by atoms with E-state index < -0.39 is 10.5 Å². The Morgan fingerprint density at radius 2 is 2.00 bits per heavy atom. The van der Waals surface area contributed by atoms with E-state index >= 15 is 0 Å². The monoisotopic (exact) mass is 290 g/mol. The lowest BCUT2D eigenvalue weighted by atomic mass is 9.90. The standard InChI is InChI=1S/C11H12Cl2N2O3/c1-2-11(16)5-14(6-11)9-3-7(12)8(13)4-10(9)15(17)18/h3-4,16H,2,5-6H2,1H3. The summed E-state index contributed by atoms with van der Waals surface area (Å²) in [4.78, 5) is 12.2. The average molecular weight is 291 g/mol. The quantitative estimate of drug-likeness (QED) is 0.687. The molecule has 0 aromatic heterocycles. The molecule has 1 aliphatic rings. The Hall–Kier alpha value is -1.04. The molecule has 0 atom stereocenters. The van der Waals surface area contributed by atoms with Crippen LogP contribution < -0.4 is 4.90 Å². The molecular formula is C11H12Cl2N2O3. The fraction of sp³-hybridized carbons (Fsp3) is 0.455. The van der Waals surface area contributed by atoms with Gasteiger partial charge < -0.3 is 10.0 Å².